The third-order valence-electron chi connectivity index (χ3n) is 4.75. The van der Waals surface area contributed by atoms with E-state index in [4.69, 9.17) is 16.3 Å². The number of fused-ring (bicyclic) bond motifs is 1. The van der Waals surface area contributed by atoms with Crippen LogP contribution in [-0.4, -0.2) is 33.8 Å². The number of ether oxygens (including phenoxy) is 1. The molecule has 0 saturated heterocycles. The molecule has 0 spiro atoms. The Labute approximate surface area is 191 Å². The molecule has 1 aromatic heterocycles. The summed E-state index contributed by atoms with van der Waals surface area (Å²) < 4.78 is 7.15. The number of esters is 1. The maximum atomic E-state index is 13.3. The lowest BCUT2D eigenvalue weighted by Gasteiger charge is -2.28. The van der Waals surface area contributed by atoms with Gasteiger partial charge in [0.2, 0.25) is 5.95 Å². The Hall–Kier alpha value is -3.17. The van der Waals surface area contributed by atoms with Gasteiger partial charge in [0.05, 0.1) is 12.7 Å². The Balaban J connectivity index is 1.78. The van der Waals surface area contributed by atoms with Crippen LogP contribution >= 0.6 is 27.5 Å². The van der Waals surface area contributed by atoms with Crippen LogP contribution in [0.5, 0.6) is 0 Å². The smallest absolute Gasteiger partial charge is 0.378 e. The zero-order valence-electron chi connectivity index (χ0n) is 16.5. The Morgan fingerprint density at radius 3 is 2.48 bits per heavy atom. The van der Waals surface area contributed by atoms with E-state index >= 15 is 0 Å². The van der Waals surface area contributed by atoms with Crippen molar-refractivity contribution in [1.82, 2.24) is 14.8 Å². The Morgan fingerprint density at radius 2 is 1.84 bits per heavy atom. The molecule has 0 saturated carbocycles. The first-order chi connectivity index (χ1) is 14.9. The lowest BCUT2D eigenvalue weighted by atomic mass is 9.95. The maximum Gasteiger partial charge on any atom is 0.378 e. The first-order valence-electron chi connectivity index (χ1n) is 9.22. The molecule has 0 radical (unpaired) electrons. The molecular formula is C21H17BrClN5O3. The maximum absolute atomic E-state index is 13.3. The average Bonchev–Trinajstić information content (AvgIpc) is 3.18. The van der Waals surface area contributed by atoms with Gasteiger partial charge in [0.25, 0.3) is 11.7 Å². The molecule has 3 aromatic rings. The summed E-state index contributed by atoms with van der Waals surface area (Å²) in [5.41, 5.74) is 2.43. The minimum Gasteiger partial charge on any atom is -0.463 e. The Morgan fingerprint density at radius 1 is 1.16 bits per heavy atom. The number of amides is 1. The van der Waals surface area contributed by atoms with Crippen LogP contribution in [0.25, 0.3) is 0 Å². The number of allylic oxidation sites excluding steroid dienone is 1. The highest BCUT2D eigenvalue weighted by Crippen LogP contribution is 2.36. The van der Waals surface area contributed by atoms with Gasteiger partial charge in [-0.1, -0.05) is 39.7 Å². The number of halogens is 2. The number of anilines is 2. The number of hydrogen-bond acceptors (Lipinski definition) is 6. The first kappa shape index (κ1) is 21.1. The van der Waals surface area contributed by atoms with Crippen LogP contribution in [0, 0.1) is 0 Å². The van der Waals surface area contributed by atoms with Gasteiger partial charge in [0, 0.05) is 20.9 Å². The fourth-order valence-electron chi connectivity index (χ4n) is 3.31. The molecular weight excluding hydrogens is 486 g/mol. The number of nitrogens with one attached hydrogen (secondary N) is 2. The molecule has 1 aliphatic heterocycles. The summed E-state index contributed by atoms with van der Waals surface area (Å²) in [6, 6.07) is 13.7. The van der Waals surface area contributed by atoms with Gasteiger partial charge in [-0.05, 0) is 48.9 Å². The van der Waals surface area contributed by atoms with Crippen LogP contribution in [0.3, 0.4) is 0 Å². The SMILES string of the molecule is COC(=O)c1nc2n(n1)[C@H](c1ccc(Br)cc1)C(C(=O)Nc1ccc(Cl)cc1)=C(C)N2. The molecule has 1 atom stereocenters. The summed E-state index contributed by atoms with van der Waals surface area (Å²) >= 11 is 9.37. The number of hydrogen-bond donors (Lipinski definition) is 2. The zero-order chi connectivity index (χ0) is 22.1. The van der Waals surface area contributed by atoms with E-state index in [1.807, 2.05) is 24.3 Å². The number of carbonyl (C=O) groups is 2. The summed E-state index contributed by atoms with van der Waals surface area (Å²) in [7, 11) is 1.26. The highest BCUT2D eigenvalue weighted by molar-refractivity contribution is 9.10. The summed E-state index contributed by atoms with van der Waals surface area (Å²) in [4.78, 5) is 29.5. The molecule has 1 amide bonds. The molecule has 10 heteroatoms. The standard InChI is InChI=1S/C21H17BrClN5O3/c1-11-16(19(29)25-15-9-7-14(23)8-10-15)17(12-3-5-13(22)6-4-12)28-21(24-11)26-18(27-28)20(30)31-2/h3-10,17H,1-2H3,(H,25,29)(H,24,26,27)/t17-/m1/s1. The third kappa shape index (κ3) is 4.19. The highest BCUT2D eigenvalue weighted by Gasteiger charge is 2.35. The van der Waals surface area contributed by atoms with Gasteiger partial charge < -0.3 is 15.4 Å². The normalized spacial score (nSPS) is 15.2. The van der Waals surface area contributed by atoms with Crippen molar-refractivity contribution in [3.05, 3.63) is 80.7 Å². The van der Waals surface area contributed by atoms with Crippen molar-refractivity contribution in [3.63, 3.8) is 0 Å². The van der Waals surface area contributed by atoms with Crippen molar-refractivity contribution in [2.45, 2.75) is 13.0 Å². The van der Waals surface area contributed by atoms with Crippen LogP contribution in [0.2, 0.25) is 5.02 Å². The van der Waals surface area contributed by atoms with Gasteiger partial charge in [0.1, 0.15) is 6.04 Å². The predicted molar refractivity (Wildman–Crippen MR) is 120 cm³/mol. The molecule has 31 heavy (non-hydrogen) atoms. The molecule has 2 N–H and O–H groups in total. The molecule has 4 rings (SSSR count). The fraction of sp³-hybridized carbons (Fsp3) is 0.143. The average molecular weight is 503 g/mol. The molecule has 1 aliphatic rings. The van der Waals surface area contributed by atoms with E-state index in [9.17, 15) is 9.59 Å². The first-order valence-corrected chi connectivity index (χ1v) is 10.4. The van der Waals surface area contributed by atoms with Crippen molar-refractivity contribution < 1.29 is 14.3 Å². The van der Waals surface area contributed by atoms with Crippen molar-refractivity contribution in [2.75, 3.05) is 17.7 Å². The minimum atomic E-state index is -0.664. The monoisotopic (exact) mass is 501 g/mol. The molecule has 0 aliphatic carbocycles. The summed E-state index contributed by atoms with van der Waals surface area (Å²) in [6.07, 6.45) is 0. The second-order valence-corrected chi connectivity index (χ2v) is 8.13. The summed E-state index contributed by atoms with van der Waals surface area (Å²) in [6.45, 7) is 1.78. The van der Waals surface area contributed by atoms with E-state index in [-0.39, 0.29) is 11.7 Å². The number of rotatable bonds is 4. The van der Waals surface area contributed by atoms with Crippen LogP contribution < -0.4 is 10.6 Å². The van der Waals surface area contributed by atoms with E-state index in [2.05, 4.69) is 36.6 Å². The van der Waals surface area contributed by atoms with Gasteiger partial charge >= 0.3 is 5.97 Å². The highest BCUT2D eigenvalue weighted by atomic mass is 79.9. The van der Waals surface area contributed by atoms with E-state index < -0.39 is 12.0 Å². The second kappa shape index (κ2) is 8.52. The molecule has 0 fully saturated rings. The van der Waals surface area contributed by atoms with Crippen LogP contribution in [-0.2, 0) is 9.53 Å². The Bertz CT molecular complexity index is 1190. The zero-order valence-corrected chi connectivity index (χ0v) is 18.9. The number of benzene rings is 2. The second-order valence-electron chi connectivity index (χ2n) is 6.77. The van der Waals surface area contributed by atoms with Crippen LogP contribution in [0.1, 0.15) is 29.1 Å². The third-order valence-corrected chi connectivity index (χ3v) is 5.53. The number of nitrogens with zero attached hydrogens (tertiary/aromatic N) is 3. The van der Waals surface area contributed by atoms with Crippen molar-refractivity contribution in [1.29, 1.82) is 0 Å². The van der Waals surface area contributed by atoms with Crippen LogP contribution in [0.4, 0.5) is 11.6 Å². The molecule has 158 valence electrons. The lowest BCUT2D eigenvalue weighted by molar-refractivity contribution is -0.113. The van der Waals surface area contributed by atoms with E-state index in [0.29, 0.717) is 27.9 Å². The number of methoxy groups -OCH3 is 1. The number of aromatic nitrogens is 3. The molecule has 2 heterocycles. The predicted octanol–water partition coefficient (Wildman–Crippen LogP) is 4.41. The van der Waals surface area contributed by atoms with Crippen molar-refractivity contribution in [2.24, 2.45) is 0 Å². The molecule has 2 aromatic carbocycles. The van der Waals surface area contributed by atoms with Gasteiger partial charge in [-0.15, -0.1) is 5.10 Å². The molecule has 0 unspecified atom stereocenters. The molecule has 8 nitrogen and oxygen atoms in total. The lowest BCUT2D eigenvalue weighted by Crippen LogP contribution is -2.31. The number of carbonyl (C=O) groups excluding carboxylic acids is 2. The molecule has 0 bridgehead atoms. The van der Waals surface area contributed by atoms with Gasteiger partial charge in [0.15, 0.2) is 0 Å². The largest absolute Gasteiger partial charge is 0.463 e. The van der Waals surface area contributed by atoms with Gasteiger partial charge in [-0.25, -0.2) is 9.48 Å². The van der Waals surface area contributed by atoms with E-state index in [1.54, 1.807) is 31.2 Å². The van der Waals surface area contributed by atoms with E-state index in [0.717, 1.165) is 10.0 Å². The Kier molecular flexibility index (Phi) is 5.79. The van der Waals surface area contributed by atoms with Gasteiger partial charge in [-0.2, -0.15) is 4.98 Å². The minimum absolute atomic E-state index is 0.0979. The van der Waals surface area contributed by atoms with Gasteiger partial charge in [-0.3, -0.25) is 4.79 Å². The van der Waals surface area contributed by atoms with Crippen molar-refractivity contribution >= 4 is 51.0 Å². The van der Waals surface area contributed by atoms with E-state index in [1.165, 1.54) is 11.8 Å². The van der Waals surface area contributed by atoms with Crippen LogP contribution in [0.15, 0.2) is 64.3 Å². The fourth-order valence-corrected chi connectivity index (χ4v) is 3.70. The topological polar surface area (TPSA) is 98.1 Å². The summed E-state index contributed by atoms with van der Waals surface area (Å²) in [5, 5.41) is 10.8. The van der Waals surface area contributed by atoms with Crippen molar-refractivity contribution in [3.8, 4) is 0 Å². The summed E-state index contributed by atoms with van der Waals surface area (Å²) in [5.74, 6) is -0.739. The quantitative estimate of drug-likeness (QED) is 0.513.